The van der Waals surface area contributed by atoms with Gasteiger partial charge in [0.2, 0.25) is 0 Å². The molecule has 1 aliphatic carbocycles. The number of rotatable bonds is 3. The van der Waals surface area contributed by atoms with Gasteiger partial charge in [0.25, 0.3) is 0 Å². The van der Waals surface area contributed by atoms with E-state index in [2.05, 4.69) is 5.32 Å². The van der Waals surface area contributed by atoms with Crippen LogP contribution in [0.1, 0.15) is 26.7 Å². The Morgan fingerprint density at radius 3 is 2.00 bits per heavy atom. The van der Waals surface area contributed by atoms with Crippen molar-refractivity contribution in [3.8, 4) is 0 Å². The van der Waals surface area contributed by atoms with Gasteiger partial charge in [-0.15, -0.1) is 0 Å². The number of hydrogen-bond acceptors (Lipinski definition) is 2. The maximum absolute atomic E-state index is 5.00. The minimum absolute atomic E-state index is 0.370. The first-order chi connectivity index (χ1) is 4.83. The molecule has 62 valence electrons. The molecular weight excluding hydrogens is 126 g/mol. The Morgan fingerprint density at radius 1 is 1.40 bits per heavy atom. The molecule has 1 N–H and O–H groups in total. The summed E-state index contributed by atoms with van der Waals surface area (Å²) < 4.78 is 5.00. The molecule has 0 radical (unpaired) electrons. The molecule has 0 bridgehead atoms. The molecule has 0 amide bonds. The van der Waals surface area contributed by atoms with Gasteiger partial charge in [-0.25, -0.2) is 0 Å². The normalized spacial score (nSPS) is 19.2. The summed E-state index contributed by atoms with van der Waals surface area (Å²) in [7, 11) is 3.74. The fourth-order valence-corrected chi connectivity index (χ4v) is 0.894. The average Bonchev–Trinajstić information content (AvgIpc) is 2.75. The number of ether oxygens (including phenoxy) is 1. The largest absolute Gasteiger partial charge is 0.383 e. The highest BCUT2D eigenvalue weighted by atomic mass is 16.5. The van der Waals surface area contributed by atoms with Crippen molar-refractivity contribution in [1.29, 1.82) is 0 Å². The van der Waals surface area contributed by atoms with Crippen LogP contribution in [0.2, 0.25) is 0 Å². The van der Waals surface area contributed by atoms with Crippen LogP contribution in [0.5, 0.6) is 0 Å². The maximum atomic E-state index is 5.00. The third-order valence-electron chi connectivity index (χ3n) is 1.80. The molecule has 1 fully saturated rings. The fourth-order valence-electron chi connectivity index (χ4n) is 0.894. The van der Waals surface area contributed by atoms with Crippen LogP contribution in [0.4, 0.5) is 0 Å². The Morgan fingerprint density at radius 2 is 1.90 bits per heavy atom. The van der Waals surface area contributed by atoms with Crippen molar-refractivity contribution in [3.05, 3.63) is 0 Å². The third kappa shape index (κ3) is 2.67. The molecule has 0 aromatic heterocycles. The van der Waals surface area contributed by atoms with E-state index >= 15 is 0 Å². The van der Waals surface area contributed by atoms with Crippen LogP contribution >= 0.6 is 0 Å². The van der Waals surface area contributed by atoms with Crippen molar-refractivity contribution < 1.29 is 4.74 Å². The minimum Gasteiger partial charge on any atom is -0.383 e. The van der Waals surface area contributed by atoms with Gasteiger partial charge in [-0.2, -0.15) is 0 Å². The minimum atomic E-state index is 0.370. The van der Waals surface area contributed by atoms with Crippen LogP contribution in [0.15, 0.2) is 0 Å². The van der Waals surface area contributed by atoms with Gasteiger partial charge in [-0.05, 0) is 19.9 Å². The van der Waals surface area contributed by atoms with Crippen molar-refractivity contribution in [2.45, 2.75) is 32.2 Å². The Hall–Kier alpha value is -0.0800. The molecule has 1 saturated carbocycles. The highest BCUT2D eigenvalue weighted by molar-refractivity contribution is 5.00. The molecule has 0 aliphatic heterocycles. The van der Waals surface area contributed by atoms with Gasteiger partial charge in [0, 0.05) is 12.6 Å². The van der Waals surface area contributed by atoms with E-state index < -0.39 is 0 Å². The number of methoxy groups -OCH3 is 1. The third-order valence-corrected chi connectivity index (χ3v) is 1.80. The van der Waals surface area contributed by atoms with E-state index in [-0.39, 0.29) is 0 Å². The van der Waals surface area contributed by atoms with Gasteiger partial charge in [-0.1, -0.05) is 13.8 Å². The quantitative estimate of drug-likeness (QED) is 0.648. The molecule has 0 heterocycles. The summed E-state index contributed by atoms with van der Waals surface area (Å²) in [4.78, 5) is 0. The molecule has 1 rings (SSSR count). The zero-order valence-electron chi connectivity index (χ0n) is 7.53. The highest BCUT2D eigenvalue weighted by Gasteiger charge is 2.40. The van der Waals surface area contributed by atoms with Gasteiger partial charge >= 0.3 is 0 Å². The zero-order chi connectivity index (χ0) is 8.04. The first-order valence-electron chi connectivity index (χ1n) is 4.01. The zero-order valence-corrected chi connectivity index (χ0v) is 7.53. The summed E-state index contributed by atoms with van der Waals surface area (Å²) in [6.45, 7) is 4.86. The molecule has 10 heavy (non-hydrogen) atoms. The standard InChI is InChI=1S/C6H13NO.C2H6/c1-7-6(3-4-6)5-8-2;1-2/h7H,3-5H2,1-2H3;1-2H3. The Balaban J connectivity index is 0.000000371. The summed E-state index contributed by atoms with van der Waals surface area (Å²) >= 11 is 0. The summed E-state index contributed by atoms with van der Waals surface area (Å²) in [6, 6.07) is 0. The fraction of sp³-hybridized carbons (Fsp3) is 1.00. The van der Waals surface area contributed by atoms with Crippen LogP contribution < -0.4 is 5.32 Å². The molecule has 0 atom stereocenters. The predicted molar refractivity (Wildman–Crippen MR) is 44.2 cm³/mol. The lowest BCUT2D eigenvalue weighted by atomic mass is 10.3. The second-order valence-electron chi connectivity index (χ2n) is 2.46. The first kappa shape index (κ1) is 9.92. The van der Waals surface area contributed by atoms with Crippen LogP contribution in [0, 0.1) is 0 Å². The topological polar surface area (TPSA) is 21.3 Å². The summed E-state index contributed by atoms with van der Waals surface area (Å²) in [5, 5.41) is 3.23. The average molecular weight is 145 g/mol. The molecular formula is C8H19NO. The summed E-state index contributed by atoms with van der Waals surface area (Å²) in [6.07, 6.45) is 2.55. The number of hydrogen-bond donors (Lipinski definition) is 1. The number of nitrogens with one attached hydrogen (secondary N) is 1. The van der Waals surface area contributed by atoms with Crippen molar-refractivity contribution in [3.63, 3.8) is 0 Å². The lowest BCUT2D eigenvalue weighted by molar-refractivity contribution is 0.161. The van der Waals surface area contributed by atoms with Crippen molar-refractivity contribution in [2.24, 2.45) is 0 Å². The van der Waals surface area contributed by atoms with E-state index in [1.807, 2.05) is 20.9 Å². The van der Waals surface area contributed by atoms with Crippen LogP contribution in [0.3, 0.4) is 0 Å². The monoisotopic (exact) mass is 145 g/mol. The molecule has 0 unspecified atom stereocenters. The lowest BCUT2D eigenvalue weighted by Crippen LogP contribution is -2.31. The van der Waals surface area contributed by atoms with E-state index in [0.717, 1.165) is 6.61 Å². The molecule has 0 aromatic carbocycles. The second kappa shape index (κ2) is 4.69. The SMILES string of the molecule is CC.CNC1(COC)CC1. The molecule has 0 aromatic rings. The molecule has 2 heteroatoms. The highest BCUT2D eigenvalue weighted by Crippen LogP contribution is 2.34. The summed E-state index contributed by atoms with van der Waals surface area (Å²) in [5.74, 6) is 0. The Bertz CT molecular complexity index is 79.3. The van der Waals surface area contributed by atoms with E-state index in [0.29, 0.717) is 5.54 Å². The van der Waals surface area contributed by atoms with E-state index in [1.54, 1.807) is 7.11 Å². The molecule has 0 spiro atoms. The van der Waals surface area contributed by atoms with Gasteiger partial charge < -0.3 is 10.1 Å². The predicted octanol–water partition coefficient (Wildman–Crippen LogP) is 1.41. The van der Waals surface area contributed by atoms with Gasteiger partial charge in [0.15, 0.2) is 0 Å². The van der Waals surface area contributed by atoms with Gasteiger partial charge in [0.05, 0.1) is 6.61 Å². The van der Waals surface area contributed by atoms with Crippen molar-refractivity contribution in [1.82, 2.24) is 5.32 Å². The summed E-state index contributed by atoms with van der Waals surface area (Å²) in [5.41, 5.74) is 0.370. The van der Waals surface area contributed by atoms with Crippen LogP contribution in [-0.2, 0) is 4.74 Å². The van der Waals surface area contributed by atoms with E-state index in [4.69, 9.17) is 4.74 Å². The van der Waals surface area contributed by atoms with Gasteiger partial charge in [0.1, 0.15) is 0 Å². The van der Waals surface area contributed by atoms with Crippen molar-refractivity contribution >= 4 is 0 Å². The molecule has 2 nitrogen and oxygen atoms in total. The van der Waals surface area contributed by atoms with Crippen molar-refractivity contribution in [2.75, 3.05) is 20.8 Å². The van der Waals surface area contributed by atoms with E-state index in [1.165, 1.54) is 12.8 Å². The number of likely N-dealkylation sites (N-methyl/N-ethyl adjacent to an activating group) is 1. The van der Waals surface area contributed by atoms with Gasteiger partial charge in [-0.3, -0.25) is 0 Å². The Labute approximate surface area is 64.0 Å². The maximum Gasteiger partial charge on any atom is 0.0644 e. The Kier molecular flexibility index (Phi) is 4.65. The van der Waals surface area contributed by atoms with Crippen LogP contribution in [0.25, 0.3) is 0 Å². The molecule has 1 aliphatic rings. The lowest BCUT2D eigenvalue weighted by Gasteiger charge is -2.10. The molecule has 0 saturated heterocycles. The van der Waals surface area contributed by atoms with E-state index in [9.17, 15) is 0 Å². The smallest absolute Gasteiger partial charge is 0.0644 e. The second-order valence-corrected chi connectivity index (χ2v) is 2.46. The first-order valence-corrected chi connectivity index (χ1v) is 4.01. The van der Waals surface area contributed by atoms with Crippen LogP contribution in [-0.4, -0.2) is 26.3 Å².